The molecular weight excluding hydrogens is 364 g/mol. The molecule has 0 atom stereocenters. The van der Waals surface area contributed by atoms with Crippen molar-refractivity contribution in [2.75, 3.05) is 39.3 Å². The Bertz CT molecular complexity index is 251. The maximum atomic E-state index is 2.79. The Morgan fingerprint density at radius 2 is 0.467 bits per heavy atom. The summed E-state index contributed by atoms with van der Waals surface area (Å²) >= 11 is 0. The molecule has 0 fully saturated rings. The van der Waals surface area contributed by atoms with Crippen LogP contribution in [0.15, 0.2) is 0 Å². The van der Waals surface area contributed by atoms with Crippen LogP contribution in [0.2, 0.25) is 0 Å². The van der Waals surface area contributed by atoms with E-state index in [2.05, 4.69) is 37.5 Å². The van der Waals surface area contributed by atoms with Gasteiger partial charge in [-0.05, 0) is 77.8 Å². The molecule has 2 nitrogen and oxygen atoms in total. The van der Waals surface area contributed by atoms with E-state index in [1.165, 1.54) is 155 Å². The van der Waals surface area contributed by atoms with Gasteiger partial charge >= 0.3 is 0 Å². The molecule has 0 aromatic carbocycles. The summed E-state index contributed by atoms with van der Waals surface area (Å²) in [6, 6.07) is 0. The van der Waals surface area contributed by atoms with Crippen molar-refractivity contribution >= 4 is 0 Å². The average Bonchev–Trinajstić information content (AvgIpc) is 2.76. The minimum atomic E-state index is 1.33. The van der Waals surface area contributed by atoms with Crippen LogP contribution in [-0.4, -0.2) is 49.1 Å². The average molecular weight is 425 g/mol. The first-order valence-electron chi connectivity index (χ1n) is 14.2. The predicted octanol–water partition coefficient (Wildman–Crippen LogP) is 8.69. The normalized spacial score (nSPS) is 11.8. The SMILES string of the molecule is CCCCCCN(CCCCCC)CCCCN(CCCCCC)CCCCCC. The molecule has 0 aliphatic rings. The van der Waals surface area contributed by atoms with E-state index >= 15 is 0 Å². The lowest BCUT2D eigenvalue weighted by Crippen LogP contribution is -2.30. The van der Waals surface area contributed by atoms with Gasteiger partial charge in [-0.3, -0.25) is 0 Å². The second kappa shape index (κ2) is 25.2. The molecule has 0 rings (SSSR count). The van der Waals surface area contributed by atoms with Crippen molar-refractivity contribution in [1.29, 1.82) is 0 Å². The topological polar surface area (TPSA) is 6.48 Å². The van der Waals surface area contributed by atoms with Crippen LogP contribution in [0.5, 0.6) is 0 Å². The maximum absolute atomic E-state index is 2.79. The molecule has 0 aromatic heterocycles. The molecule has 30 heavy (non-hydrogen) atoms. The van der Waals surface area contributed by atoms with Crippen LogP contribution in [0.3, 0.4) is 0 Å². The van der Waals surface area contributed by atoms with Crippen molar-refractivity contribution in [2.24, 2.45) is 0 Å². The lowest BCUT2D eigenvalue weighted by atomic mass is 10.1. The Balaban J connectivity index is 4.17. The Labute approximate surface area is 192 Å². The minimum absolute atomic E-state index is 1.33. The van der Waals surface area contributed by atoms with Gasteiger partial charge in [-0.15, -0.1) is 0 Å². The third-order valence-electron chi connectivity index (χ3n) is 6.51. The first-order valence-corrected chi connectivity index (χ1v) is 14.2. The number of unbranched alkanes of at least 4 members (excludes halogenated alkanes) is 13. The summed E-state index contributed by atoms with van der Waals surface area (Å²) < 4.78 is 0. The van der Waals surface area contributed by atoms with Gasteiger partial charge in [-0.25, -0.2) is 0 Å². The highest BCUT2D eigenvalue weighted by Gasteiger charge is 2.07. The van der Waals surface area contributed by atoms with Crippen molar-refractivity contribution < 1.29 is 0 Å². The van der Waals surface area contributed by atoms with Gasteiger partial charge in [0.05, 0.1) is 0 Å². The molecule has 182 valence electrons. The van der Waals surface area contributed by atoms with Crippen molar-refractivity contribution in [2.45, 2.75) is 143 Å². The minimum Gasteiger partial charge on any atom is -0.303 e. The molecule has 0 unspecified atom stereocenters. The number of rotatable bonds is 25. The van der Waals surface area contributed by atoms with E-state index < -0.39 is 0 Å². The fourth-order valence-electron chi connectivity index (χ4n) is 4.39. The van der Waals surface area contributed by atoms with Crippen molar-refractivity contribution in [3.05, 3.63) is 0 Å². The zero-order chi connectivity index (χ0) is 22.1. The molecule has 0 radical (unpaired) electrons. The molecule has 0 aromatic rings. The third-order valence-corrected chi connectivity index (χ3v) is 6.51. The van der Waals surface area contributed by atoms with Gasteiger partial charge in [0.25, 0.3) is 0 Å². The quantitative estimate of drug-likeness (QED) is 0.135. The monoisotopic (exact) mass is 424 g/mol. The van der Waals surface area contributed by atoms with Crippen molar-refractivity contribution in [1.82, 2.24) is 9.80 Å². The second-order valence-electron chi connectivity index (χ2n) is 9.63. The highest BCUT2D eigenvalue weighted by molar-refractivity contribution is 4.63. The van der Waals surface area contributed by atoms with Gasteiger partial charge < -0.3 is 9.80 Å². The first kappa shape index (κ1) is 29.9. The molecule has 0 saturated heterocycles. The number of hydrogen-bond donors (Lipinski definition) is 0. The smallest absolute Gasteiger partial charge is 0.00183 e. The summed E-state index contributed by atoms with van der Waals surface area (Å²) in [5.74, 6) is 0. The molecule has 0 aliphatic heterocycles. The van der Waals surface area contributed by atoms with E-state index in [1.54, 1.807) is 0 Å². The highest BCUT2D eigenvalue weighted by Crippen LogP contribution is 2.09. The molecule has 0 bridgehead atoms. The van der Waals surface area contributed by atoms with Crippen LogP contribution in [0.25, 0.3) is 0 Å². The van der Waals surface area contributed by atoms with Crippen LogP contribution in [0.4, 0.5) is 0 Å². The lowest BCUT2D eigenvalue weighted by Gasteiger charge is -2.25. The van der Waals surface area contributed by atoms with Gasteiger partial charge in [-0.1, -0.05) is 105 Å². The van der Waals surface area contributed by atoms with Gasteiger partial charge in [0, 0.05) is 0 Å². The van der Waals surface area contributed by atoms with Gasteiger partial charge in [0.1, 0.15) is 0 Å². The summed E-state index contributed by atoms with van der Waals surface area (Å²) in [6.45, 7) is 17.3. The first-order chi connectivity index (χ1) is 14.8. The number of nitrogens with zero attached hydrogens (tertiary/aromatic N) is 2. The molecule has 2 heteroatoms. The molecular formula is C28H60N2. The molecule has 0 aliphatic carbocycles. The van der Waals surface area contributed by atoms with Gasteiger partial charge in [0.2, 0.25) is 0 Å². The van der Waals surface area contributed by atoms with Crippen LogP contribution in [0, 0.1) is 0 Å². The van der Waals surface area contributed by atoms with Crippen molar-refractivity contribution in [3.8, 4) is 0 Å². The molecule has 0 N–H and O–H groups in total. The lowest BCUT2D eigenvalue weighted by molar-refractivity contribution is 0.230. The zero-order valence-corrected chi connectivity index (χ0v) is 21.9. The van der Waals surface area contributed by atoms with E-state index in [0.717, 1.165) is 0 Å². The largest absolute Gasteiger partial charge is 0.303 e. The van der Waals surface area contributed by atoms with Crippen molar-refractivity contribution in [3.63, 3.8) is 0 Å². The third kappa shape index (κ3) is 21.2. The summed E-state index contributed by atoms with van der Waals surface area (Å²) in [7, 11) is 0. The molecule has 0 amide bonds. The van der Waals surface area contributed by atoms with E-state index in [-0.39, 0.29) is 0 Å². The number of hydrogen-bond acceptors (Lipinski definition) is 2. The zero-order valence-electron chi connectivity index (χ0n) is 21.9. The summed E-state index contributed by atoms with van der Waals surface area (Å²) in [6.07, 6.45) is 25.1. The van der Waals surface area contributed by atoms with Crippen LogP contribution >= 0.6 is 0 Å². The fourth-order valence-corrected chi connectivity index (χ4v) is 4.39. The van der Waals surface area contributed by atoms with Crippen LogP contribution in [-0.2, 0) is 0 Å². The Morgan fingerprint density at radius 3 is 0.667 bits per heavy atom. The van der Waals surface area contributed by atoms with Crippen LogP contribution < -0.4 is 0 Å². The summed E-state index contributed by atoms with van der Waals surface area (Å²) in [5.41, 5.74) is 0. The predicted molar refractivity (Wildman–Crippen MR) is 139 cm³/mol. The van der Waals surface area contributed by atoms with E-state index in [1.807, 2.05) is 0 Å². The summed E-state index contributed by atoms with van der Waals surface area (Å²) in [5, 5.41) is 0. The second-order valence-corrected chi connectivity index (χ2v) is 9.63. The molecule has 0 heterocycles. The van der Waals surface area contributed by atoms with Gasteiger partial charge in [-0.2, -0.15) is 0 Å². The Hall–Kier alpha value is -0.0800. The molecule has 0 spiro atoms. The summed E-state index contributed by atoms with van der Waals surface area (Å²) in [4.78, 5) is 5.58. The Kier molecular flexibility index (Phi) is 25.1. The van der Waals surface area contributed by atoms with Crippen LogP contribution in [0.1, 0.15) is 143 Å². The van der Waals surface area contributed by atoms with E-state index in [9.17, 15) is 0 Å². The highest BCUT2D eigenvalue weighted by atomic mass is 15.1. The fraction of sp³-hybridized carbons (Fsp3) is 1.00. The molecule has 0 saturated carbocycles. The Morgan fingerprint density at radius 1 is 0.267 bits per heavy atom. The van der Waals surface area contributed by atoms with Gasteiger partial charge in [0.15, 0.2) is 0 Å². The standard InChI is InChI=1S/C28H60N2/c1-5-9-13-17-23-29(24-18-14-10-6-2)27-21-22-28-30(25-19-15-11-7-3)26-20-16-12-8-4/h5-28H2,1-4H3. The van der Waals surface area contributed by atoms with E-state index in [4.69, 9.17) is 0 Å². The maximum Gasteiger partial charge on any atom is -0.00183 e. The van der Waals surface area contributed by atoms with E-state index in [0.29, 0.717) is 0 Å².